The first-order valence-corrected chi connectivity index (χ1v) is 9.00. The Balaban J connectivity index is 1.63. The summed E-state index contributed by atoms with van der Waals surface area (Å²) in [5.74, 6) is -0.870. The average Bonchev–Trinajstić information content (AvgIpc) is 3.24. The third kappa shape index (κ3) is 3.10. The Bertz CT molecular complexity index is 1050. The van der Waals surface area contributed by atoms with Crippen LogP contribution >= 0.6 is 12.2 Å². The number of aromatic nitrogens is 2. The number of hydrogen-bond acceptors (Lipinski definition) is 3. The van der Waals surface area contributed by atoms with Gasteiger partial charge in [0.1, 0.15) is 5.82 Å². The fourth-order valence-corrected chi connectivity index (χ4v) is 3.65. The fraction of sp³-hybridized carbons (Fsp3) is 0.263. The van der Waals surface area contributed by atoms with Crippen LogP contribution in [0.3, 0.4) is 0 Å². The van der Waals surface area contributed by atoms with Gasteiger partial charge in [-0.25, -0.2) is 4.39 Å². The van der Waals surface area contributed by atoms with Gasteiger partial charge in [-0.15, -0.1) is 0 Å². The van der Waals surface area contributed by atoms with E-state index in [0.717, 1.165) is 18.7 Å². The van der Waals surface area contributed by atoms with E-state index in [4.69, 9.17) is 12.2 Å². The summed E-state index contributed by atoms with van der Waals surface area (Å²) in [4.78, 5) is 20.8. The number of nitrogens with zero attached hydrogens (tertiary/aromatic N) is 1. The lowest BCUT2D eigenvalue weighted by Gasteiger charge is -2.19. The Morgan fingerprint density at radius 3 is 2.69 bits per heavy atom. The van der Waals surface area contributed by atoms with Gasteiger partial charge in [-0.1, -0.05) is 0 Å². The minimum absolute atomic E-state index is 0.218. The van der Waals surface area contributed by atoms with Crippen molar-refractivity contribution in [1.82, 2.24) is 9.97 Å². The Kier molecular flexibility index (Phi) is 4.24. The van der Waals surface area contributed by atoms with Gasteiger partial charge in [0.15, 0.2) is 4.77 Å². The van der Waals surface area contributed by atoms with Crippen molar-refractivity contribution in [3.8, 4) is 0 Å². The molecule has 134 valence electrons. The lowest BCUT2D eigenvalue weighted by Crippen LogP contribution is -2.18. The van der Waals surface area contributed by atoms with Gasteiger partial charge in [-0.05, 0) is 67.9 Å². The van der Waals surface area contributed by atoms with Gasteiger partial charge < -0.3 is 20.2 Å². The standard InChI is InChI=1S/C19H19FN4OS/c1-11-8-13(24-6-2-3-7-24)4-5-15(11)21-18(25)14-9-12(20)10-16-17(14)23-19(26)22-16/h4-5,8-10H,2-3,6-7H2,1H3,(H,21,25)(H2,22,23,26). The van der Waals surface area contributed by atoms with Crippen LogP contribution in [0.5, 0.6) is 0 Å². The molecule has 0 radical (unpaired) electrons. The molecule has 26 heavy (non-hydrogen) atoms. The second-order valence-electron chi connectivity index (χ2n) is 6.60. The van der Waals surface area contributed by atoms with Crippen molar-refractivity contribution in [2.24, 2.45) is 0 Å². The van der Waals surface area contributed by atoms with E-state index in [1.807, 2.05) is 19.1 Å². The van der Waals surface area contributed by atoms with Crippen LogP contribution < -0.4 is 10.2 Å². The number of anilines is 2. The smallest absolute Gasteiger partial charge is 0.257 e. The number of aryl methyl sites for hydroxylation is 1. The van der Waals surface area contributed by atoms with Crippen LogP contribution in [0.25, 0.3) is 11.0 Å². The zero-order valence-corrected chi connectivity index (χ0v) is 15.2. The van der Waals surface area contributed by atoms with Gasteiger partial charge in [0.2, 0.25) is 0 Å². The number of amides is 1. The summed E-state index contributed by atoms with van der Waals surface area (Å²) in [6, 6.07) is 8.51. The number of rotatable bonds is 3. The molecular weight excluding hydrogens is 351 g/mol. The molecule has 0 atom stereocenters. The van der Waals surface area contributed by atoms with Crippen molar-refractivity contribution in [2.75, 3.05) is 23.3 Å². The van der Waals surface area contributed by atoms with Gasteiger partial charge >= 0.3 is 0 Å². The summed E-state index contributed by atoms with van der Waals surface area (Å²) in [7, 11) is 0. The molecule has 1 saturated heterocycles. The summed E-state index contributed by atoms with van der Waals surface area (Å²) >= 11 is 5.05. The number of aromatic amines is 2. The van der Waals surface area contributed by atoms with Crippen LogP contribution in [0.15, 0.2) is 30.3 Å². The third-order valence-corrected chi connectivity index (χ3v) is 4.97. The van der Waals surface area contributed by atoms with Crippen LogP contribution in [0.1, 0.15) is 28.8 Å². The van der Waals surface area contributed by atoms with E-state index in [-0.39, 0.29) is 11.5 Å². The van der Waals surface area contributed by atoms with Gasteiger partial charge in [-0.2, -0.15) is 0 Å². The maximum absolute atomic E-state index is 13.9. The van der Waals surface area contributed by atoms with Crippen molar-refractivity contribution in [1.29, 1.82) is 0 Å². The minimum atomic E-state index is -0.492. The summed E-state index contributed by atoms with van der Waals surface area (Å²) in [5.41, 5.74) is 4.04. The molecule has 1 aromatic heterocycles. The van der Waals surface area contributed by atoms with Gasteiger partial charge in [-0.3, -0.25) is 4.79 Å². The first kappa shape index (κ1) is 16.8. The predicted octanol–water partition coefficient (Wildman–Crippen LogP) is 4.53. The van der Waals surface area contributed by atoms with Gasteiger partial charge in [0.05, 0.1) is 16.6 Å². The number of imidazole rings is 1. The van der Waals surface area contributed by atoms with Gasteiger partial charge in [0, 0.05) is 24.5 Å². The number of carbonyl (C=O) groups excluding carboxylic acids is 1. The van der Waals surface area contributed by atoms with E-state index >= 15 is 0 Å². The quantitative estimate of drug-likeness (QED) is 0.594. The number of hydrogen-bond donors (Lipinski definition) is 3. The number of carbonyl (C=O) groups is 1. The van der Waals surface area contributed by atoms with Crippen LogP contribution in [-0.2, 0) is 0 Å². The normalized spacial score (nSPS) is 14.2. The SMILES string of the molecule is Cc1cc(N2CCCC2)ccc1NC(=O)c1cc(F)cc2[nH]c(=S)[nH]c12. The summed E-state index contributed by atoms with van der Waals surface area (Å²) in [6.07, 6.45) is 2.43. The maximum Gasteiger partial charge on any atom is 0.257 e. The topological polar surface area (TPSA) is 63.9 Å². The summed E-state index contributed by atoms with van der Waals surface area (Å²) < 4.78 is 14.2. The molecule has 0 bridgehead atoms. The number of halogens is 1. The molecule has 0 saturated carbocycles. The van der Waals surface area contributed by atoms with E-state index in [0.29, 0.717) is 21.5 Å². The molecule has 5 nitrogen and oxygen atoms in total. The van der Waals surface area contributed by atoms with E-state index in [2.05, 4.69) is 26.3 Å². The first-order valence-electron chi connectivity index (χ1n) is 8.60. The van der Waals surface area contributed by atoms with Crippen molar-refractivity contribution < 1.29 is 9.18 Å². The van der Waals surface area contributed by atoms with Crippen molar-refractivity contribution in [2.45, 2.75) is 19.8 Å². The number of fused-ring (bicyclic) bond motifs is 1. The first-order chi connectivity index (χ1) is 12.5. The zero-order valence-electron chi connectivity index (χ0n) is 14.4. The van der Waals surface area contributed by atoms with Crippen LogP contribution in [-0.4, -0.2) is 29.0 Å². The molecule has 1 aliphatic heterocycles. The molecule has 1 amide bonds. The number of H-pyrrole nitrogens is 2. The molecule has 7 heteroatoms. The molecule has 1 fully saturated rings. The second kappa shape index (κ2) is 6.57. The Morgan fingerprint density at radius 1 is 1.19 bits per heavy atom. The van der Waals surface area contributed by atoms with Crippen molar-refractivity contribution in [3.05, 3.63) is 52.0 Å². The van der Waals surface area contributed by atoms with Crippen LogP contribution in [0.2, 0.25) is 0 Å². The highest BCUT2D eigenvalue weighted by atomic mass is 32.1. The molecule has 3 aromatic rings. The van der Waals surface area contributed by atoms with E-state index < -0.39 is 5.82 Å². The lowest BCUT2D eigenvalue weighted by atomic mass is 10.1. The molecule has 1 aliphatic rings. The Hall–Kier alpha value is -2.67. The van der Waals surface area contributed by atoms with E-state index in [1.165, 1.54) is 30.7 Å². The monoisotopic (exact) mass is 370 g/mol. The largest absolute Gasteiger partial charge is 0.372 e. The molecular formula is C19H19FN4OS. The van der Waals surface area contributed by atoms with Crippen molar-refractivity contribution >= 4 is 40.5 Å². The molecule has 2 aromatic carbocycles. The van der Waals surface area contributed by atoms with E-state index in [9.17, 15) is 9.18 Å². The molecule has 0 unspecified atom stereocenters. The number of nitrogens with one attached hydrogen (secondary N) is 3. The lowest BCUT2D eigenvalue weighted by molar-refractivity contribution is 0.102. The van der Waals surface area contributed by atoms with Crippen molar-refractivity contribution in [3.63, 3.8) is 0 Å². The third-order valence-electron chi connectivity index (χ3n) is 4.76. The molecule has 0 aliphatic carbocycles. The average molecular weight is 370 g/mol. The predicted molar refractivity (Wildman–Crippen MR) is 104 cm³/mol. The highest BCUT2D eigenvalue weighted by Gasteiger charge is 2.17. The van der Waals surface area contributed by atoms with Crippen LogP contribution in [0.4, 0.5) is 15.8 Å². The Labute approximate surface area is 155 Å². The highest BCUT2D eigenvalue weighted by molar-refractivity contribution is 7.71. The van der Waals surface area contributed by atoms with Crippen LogP contribution in [0, 0.1) is 17.5 Å². The number of benzene rings is 2. The second-order valence-corrected chi connectivity index (χ2v) is 7.01. The highest BCUT2D eigenvalue weighted by Crippen LogP contribution is 2.26. The Morgan fingerprint density at radius 2 is 1.96 bits per heavy atom. The van der Waals surface area contributed by atoms with Gasteiger partial charge in [0.25, 0.3) is 5.91 Å². The molecule has 2 heterocycles. The molecule has 0 spiro atoms. The minimum Gasteiger partial charge on any atom is -0.372 e. The maximum atomic E-state index is 13.9. The molecule has 4 rings (SSSR count). The fourth-order valence-electron chi connectivity index (χ4n) is 3.44. The van der Waals surface area contributed by atoms with E-state index in [1.54, 1.807) is 0 Å². The summed E-state index contributed by atoms with van der Waals surface area (Å²) in [6.45, 7) is 4.10. The summed E-state index contributed by atoms with van der Waals surface area (Å²) in [5, 5.41) is 2.88. The molecule has 3 N–H and O–H groups in total. The zero-order chi connectivity index (χ0) is 18.3.